The fraction of sp³-hybridized carbons (Fsp3) is 0.231. The highest BCUT2D eigenvalue weighted by Crippen LogP contribution is 2.29. The molecular formula is C13H15N3O2S. The smallest absolute Gasteiger partial charge is 0.184 e. The highest BCUT2D eigenvalue weighted by molar-refractivity contribution is 7.80. The molecule has 0 aliphatic heterocycles. The summed E-state index contributed by atoms with van der Waals surface area (Å²) in [5, 5.41) is 0. The third-order valence-electron chi connectivity index (χ3n) is 2.77. The Hall–Kier alpha value is -2.08. The van der Waals surface area contributed by atoms with Crippen LogP contribution in [0.3, 0.4) is 0 Å². The Labute approximate surface area is 117 Å². The van der Waals surface area contributed by atoms with Crippen LogP contribution in [0.4, 0.5) is 0 Å². The minimum atomic E-state index is 0.354. The molecule has 2 aromatic rings. The Morgan fingerprint density at radius 3 is 2.79 bits per heavy atom. The van der Waals surface area contributed by atoms with Crippen LogP contribution in [0.25, 0.3) is 0 Å². The van der Waals surface area contributed by atoms with Crippen molar-refractivity contribution in [1.29, 1.82) is 0 Å². The van der Waals surface area contributed by atoms with E-state index in [-0.39, 0.29) is 0 Å². The Morgan fingerprint density at radius 1 is 1.37 bits per heavy atom. The molecule has 100 valence electrons. The molecule has 2 aromatic heterocycles. The first-order valence-corrected chi connectivity index (χ1v) is 6.09. The molecule has 0 aliphatic rings. The zero-order valence-corrected chi connectivity index (χ0v) is 11.6. The van der Waals surface area contributed by atoms with Gasteiger partial charge in [0.1, 0.15) is 10.7 Å². The third kappa shape index (κ3) is 2.68. The van der Waals surface area contributed by atoms with E-state index in [9.17, 15) is 0 Å². The van der Waals surface area contributed by atoms with Gasteiger partial charge in [-0.1, -0.05) is 12.2 Å². The summed E-state index contributed by atoms with van der Waals surface area (Å²) >= 11 is 5.01. The lowest BCUT2D eigenvalue weighted by Gasteiger charge is -2.13. The van der Waals surface area contributed by atoms with Crippen molar-refractivity contribution in [3.8, 4) is 11.5 Å². The van der Waals surface area contributed by atoms with Crippen molar-refractivity contribution >= 4 is 17.2 Å². The maximum absolute atomic E-state index is 5.67. The van der Waals surface area contributed by atoms with Gasteiger partial charge in [-0.15, -0.1) is 0 Å². The number of methoxy groups -OCH3 is 2. The van der Waals surface area contributed by atoms with E-state index in [1.807, 2.05) is 22.9 Å². The molecule has 0 atom stereocenters. The summed E-state index contributed by atoms with van der Waals surface area (Å²) in [5.74, 6) is 1.27. The molecule has 2 N–H and O–H groups in total. The average molecular weight is 277 g/mol. The van der Waals surface area contributed by atoms with E-state index in [4.69, 9.17) is 27.4 Å². The average Bonchev–Trinajstić information content (AvgIpc) is 2.86. The van der Waals surface area contributed by atoms with Gasteiger partial charge in [-0.05, 0) is 12.1 Å². The Morgan fingerprint density at radius 2 is 2.16 bits per heavy atom. The van der Waals surface area contributed by atoms with Crippen LogP contribution in [0.15, 0.2) is 30.6 Å². The number of hydrogen-bond acceptors (Lipinski definition) is 4. The molecule has 0 saturated heterocycles. The Kier molecular flexibility index (Phi) is 4.01. The van der Waals surface area contributed by atoms with Crippen molar-refractivity contribution in [2.75, 3.05) is 14.2 Å². The molecule has 2 rings (SSSR count). The fourth-order valence-electron chi connectivity index (χ4n) is 1.90. The number of aromatic nitrogens is 2. The van der Waals surface area contributed by atoms with E-state index in [0.29, 0.717) is 23.0 Å². The van der Waals surface area contributed by atoms with E-state index in [0.717, 1.165) is 11.4 Å². The lowest BCUT2D eigenvalue weighted by atomic mass is 10.3. The number of rotatable bonds is 5. The summed E-state index contributed by atoms with van der Waals surface area (Å²) in [6, 6.07) is 5.52. The van der Waals surface area contributed by atoms with E-state index in [2.05, 4.69) is 4.98 Å². The maximum atomic E-state index is 5.67. The predicted molar refractivity (Wildman–Crippen MR) is 76.8 cm³/mol. The fourth-order valence-corrected chi connectivity index (χ4v) is 2.09. The van der Waals surface area contributed by atoms with E-state index >= 15 is 0 Å². The van der Waals surface area contributed by atoms with Gasteiger partial charge in [0.05, 0.1) is 26.5 Å². The number of pyridine rings is 1. The number of ether oxygens (including phenoxy) is 2. The number of thiocarbonyl (C=S) groups is 1. The molecule has 6 heteroatoms. The van der Waals surface area contributed by atoms with Crippen molar-refractivity contribution in [3.05, 3.63) is 42.0 Å². The van der Waals surface area contributed by atoms with Crippen LogP contribution in [-0.2, 0) is 6.54 Å². The first kappa shape index (κ1) is 13.4. The van der Waals surface area contributed by atoms with Gasteiger partial charge in [0.2, 0.25) is 0 Å². The molecule has 0 unspecified atom stereocenters. The van der Waals surface area contributed by atoms with Crippen LogP contribution < -0.4 is 15.2 Å². The van der Waals surface area contributed by atoms with Crippen molar-refractivity contribution in [1.82, 2.24) is 9.55 Å². The Balaban J connectivity index is 2.38. The van der Waals surface area contributed by atoms with Gasteiger partial charge >= 0.3 is 0 Å². The van der Waals surface area contributed by atoms with Gasteiger partial charge in [0.15, 0.2) is 11.5 Å². The molecule has 0 spiro atoms. The first-order valence-electron chi connectivity index (χ1n) is 5.68. The second-order valence-corrected chi connectivity index (χ2v) is 4.32. The van der Waals surface area contributed by atoms with Crippen LogP contribution in [-0.4, -0.2) is 28.8 Å². The van der Waals surface area contributed by atoms with E-state index in [1.165, 1.54) is 0 Å². The highest BCUT2D eigenvalue weighted by atomic mass is 32.1. The van der Waals surface area contributed by atoms with Gasteiger partial charge in [-0.25, -0.2) is 0 Å². The molecule has 5 nitrogen and oxygen atoms in total. The van der Waals surface area contributed by atoms with Gasteiger partial charge in [0, 0.05) is 18.5 Å². The quantitative estimate of drug-likeness (QED) is 0.841. The maximum Gasteiger partial charge on any atom is 0.184 e. The molecule has 0 radical (unpaired) electrons. The molecule has 0 bridgehead atoms. The summed E-state index contributed by atoms with van der Waals surface area (Å²) in [7, 11) is 3.19. The largest absolute Gasteiger partial charge is 0.493 e. The summed E-state index contributed by atoms with van der Waals surface area (Å²) < 4.78 is 12.5. The summed E-state index contributed by atoms with van der Waals surface area (Å²) in [6.07, 6.45) is 3.58. The molecule has 0 aromatic carbocycles. The summed E-state index contributed by atoms with van der Waals surface area (Å²) in [5.41, 5.74) is 7.23. The minimum absolute atomic E-state index is 0.354. The minimum Gasteiger partial charge on any atom is -0.493 e. The van der Waals surface area contributed by atoms with Gasteiger partial charge < -0.3 is 19.8 Å². The van der Waals surface area contributed by atoms with Crippen molar-refractivity contribution < 1.29 is 9.47 Å². The highest BCUT2D eigenvalue weighted by Gasteiger charge is 2.13. The normalized spacial score (nSPS) is 10.2. The summed E-state index contributed by atoms with van der Waals surface area (Å²) in [4.78, 5) is 4.68. The zero-order valence-electron chi connectivity index (χ0n) is 10.8. The molecule has 0 aliphatic carbocycles. The van der Waals surface area contributed by atoms with E-state index in [1.54, 1.807) is 26.5 Å². The molecule has 19 heavy (non-hydrogen) atoms. The third-order valence-corrected chi connectivity index (χ3v) is 2.98. The number of hydrogen-bond donors (Lipinski definition) is 1. The monoisotopic (exact) mass is 277 g/mol. The molecule has 2 heterocycles. The van der Waals surface area contributed by atoms with Crippen molar-refractivity contribution in [2.24, 2.45) is 5.73 Å². The number of nitrogens with two attached hydrogens (primary N) is 1. The molecule has 0 saturated carbocycles. The van der Waals surface area contributed by atoms with Gasteiger partial charge in [-0.2, -0.15) is 0 Å². The van der Waals surface area contributed by atoms with Gasteiger partial charge in [0.25, 0.3) is 0 Å². The topological polar surface area (TPSA) is 62.3 Å². The van der Waals surface area contributed by atoms with Crippen molar-refractivity contribution in [3.63, 3.8) is 0 Å². The van der Waals surface area contributed by atoms with Crippen LogP contribution in [0.5, 0.6) is 11.5 Å². The Bertz CT molecular complexity index is 595. The second kappa shape index (κ2) is 5.71. The van der Waals surface area contributed by atoms with E-state index < -0.39 is 0 Å². The van der Waals surface area contributed by atoms with Gasteiger partial charge in [-0.3, -0.25) is 4.98 Å². The molecular weight excluding hydrogens is 262 g/mol. The molecule has 0 amide bonds. The zero-order chi connectivity index (χ0) is 13.8. The lowest BCUT2D eigenvalue weighted by Crippen LogP contribution is -2.16. The predicted octanol–water partition coefficient (Wildman–Crippen LogP) is 1.58. The van der Waals surface area contributed by atoms with Crippen LogP contribution >= 0.6 is 12.2 Å². The summed E-state index contributed by atoms with van der Waals surface area (Å²) in [6.45, 7) is 0.514. The van der Waals surface area contributed by atoms with Crippen LogP contribution in [0.2, 0.25) is 0 Å². The standard InChI is InChI=1S/C13H15N3O2S/c1-17-11-5-6-15-9(12(11)18-2)8-16-7-3-4-10(16)13(14)19/h3-7H,8H2,1-2H3,(H2,14,19). The van der Waals surface area contributed by atoms with Crippen LogP contribution in [0.1, 0.15) is 11.4 Å². The van der Waals surface area contributed by atoms with Crippen LogP contribution in [0, 0.1) is 0 Å². The van der Waals surface area contributed by atoms with Crippen molar-refractivity contribution in [2.45, 2.75) is 6.54 Å². The second-order valence-electron chi connectivity index (χ2n) is 3.88. The number of nitrogens with zero attached hydrogens (tertiary/aromatic N) is 2. The molecule has 0 fully saturated rings. The first-order chi connectivity index (χ1) is 9.17. The SMILES string of the molecule is COc1ccnc(Cn2cccc2C(N)=S)c1OC. The lowest BCUT2D eigenvalue weighted by molar-refractivity contribution is 0.348.